The SMILES string of the molecule is CCOC(=O)c1cc(C(C)C)sc1NC(=O)C(C#N)=Cc1cc(Cl)ccc1OCC(C)C. The molecule has 6 nitrogen and oxygen atoms in total. The lowest BCUT2D eigenvalue weighted by molar-refractivity contribution is -0.112. The topological polar surface area (TPSA) is 88.4 Å². The van der Waals surface area contributed by atoms with Gasteiger partial charge in [-0.3, -0.25) is 4.79 Å². The number of rotatable bonds is 9. The van der Waals surface area contributed by atoms with Crippen molar-refractivity contribution < 1.29 is 19.1 Å². The quantitative estimate of drug-likeness (QED) is 0.262. The zero-order chi connectivity index (χ0) is 23.8. The van der Waals surface area contributed by atoms with Crippen LogP contribution >= 0.6 is 22.9 Å². The number of hydrogen-bond acceptors (Lipinski definition) is 6. The van der Waals surface area contributed by atoms with E-state index in [-0.39, 0.29) is 23.7 Å². The van der Waals surface area contributed by atoms with Crippen molar-refractivity contribution >= 4 is 45.9 Å². The summed E-state index contributed by atoms with van der Waals surface area (Å²) in [5.41, 5.74) is 0.649. The molecule has 1 N–H and O–H groups in total. The zero-order valence-electron chi connectivity index (χ0n) is 18.8. The van der Waals surface area contributed by atoms with Gasteiger partial charge in [0.15, 0.2) is 0 Å². The zero-order valence-corrected chi connectivity index (χ0v) is 20.4. The van der Waals surface area contributed by atoms with E-state index >= 15 is 0 Å². The van der Waals surface area contributed by atoms with Gasteiger partial charge in [-0.25, -0.2) is 4.79 Å². The number of nitriles is 1. The van der Waals surface area contributed by atoms with Crippen molar-refractivity contribution in [3.63, 3.8) is 0 Å². The fourth-order valence-electron chi connectivity index (χ4n) is 2.64. The molecule has 0 atom stereocenters. The van der Waals surface area contributed by atoms with Crippen molar-refractivity contribution in [2.45, 2.75) is 40.5 Å². The third-order valence-electron chi connectivity index (χ3n) is 4.25. The van der Waals surface area contributed by atoms with Crippen LogP contribution in [0.15, 0.2) is 29.8 Å². The second kappa shape index (κ2) is 11.7. The van der Waals surface area contributed by atoms with Gasteiger partial charge in [0.2, 0.25) is 0 Å². The van der Waals surface area contributed by atoms with E-state index in [2.05, 4.69) is 5.32 Å². The molecule has 0 radical (unpaired) electrons. The Morgan fingerprint density at radius 2 is 1.97 bits per heavy atom. The fraction of sp³-hybridized carbons (Fsp3) is 0.375. The van der Waals surface area contributed by atoms with E-state index in [1.54, 1.807) is 31.2 Å². The van der Waals surface area contributed by atoms with Crippen LogP contribution in [0.2, 0.25) is 5.02 Å². The smallest absolute Gasteiger partial charge is 0.341 e. The molecule has 1 aromatic carbocycles. The summed E-state index contributed by atoms with van der Waals surface area (Å²) in [4.78, 5) is 26.2. The molecular formula is C24H27ClN2O4S. The minimum absolute atomic E-state index is 0.143. The van der Waals surface area contributed by atoms with Crippen LogP contribution in [-0.2, 0) is 9.53 Å². The lowest BCUT2D eigenvalue weighted by Gasteiger charge is -2.12. The van der Waals surface area contributed by atoms with E-state index in [0.717, 1.165) is 4.88 Å². The molecular weight excluding hydrogens is 448 g/mol. The molecule has 1 amide bonds. The molecule has 2 aromatic rings. The van der Waals surface area contributed by atoms with E-state index in [4.69, 9.17) is 21.1 Å². The van der Waals surface area contributed by atoms with Gasteiger partial charge in [0, 0.05) is 15.5 Å². The summed E-state index contributed by atoms with van der Waals surface area (Å²) in [7, 11) is 0. The monoisotopic (exact) mass is 474 g/mol. The lowest BCUT2D eigenvalue weighted by atomic mass is 10.1. The maximum atomic E-state index is 12.9. The van der Waals surface area contributed by atoms with Gasteiger partial charge in [-0.05, 0) is 49.1 Å². The molecule has 32 heavy (non-hydrogen) atoms. The fourth-order valence-corrected chi connectivity index (χ4v) is 3.87. The minimum atomic E-state index is -0.634. The van der Waals surface area contributed by atoms with Gasteiger partial charge < -0.3 is 14.8 Å². The average molecular weight is 475 g/mol. The first-order chi connectivity index (χ1) is 15.2. The minimum Gasteiger partial charge on any atom is -0.493 e. The molecule has 0 unspecified atom stereocenters. The molecule has 0 spiro atoms. The van der Waals surface area contributed by atoms with Crippen molar-refractivity contribution in [3.05, 3.63) is 50.9 Å². The number of halogens is 1. The normalized spacial score (nSPS) is 11.4. The molecule has 0 saturated carbocycles. The molecule has 0 aliphatic heterocycles. The number of carbonyl (C=O) groups excluding carboxylic acids is 2. The number of anilines is 1. The Morgan fingerprint density at radius 1 is 1.25 bits per heavy atom. The predicted octanol–water partition coefficient (Wildman–Crippen LogP) is 6.28. The lowest BCUT2D eigenvalue weighted by Crippen LogP contribution is -2.15. The van der Waals surface area contributed by atoms with E-state index in [1.807, 2.05) is 33.8 Å². The number of hydrogen-bond donors (Lipinski definition) is 1. The van der Waals surface area contributed by atoms with Crippen LogP contribution in [0.4, 0.5) is 5.00 Å². The predicted molar refractivity (Wildman–Crippen MR) is 128 cm³/mol. The van der Waals surface area contributed by atoms with Crippen LogP contribution in [0.3, 0.4) is 0 Å². The molecule has 1 heterocycles. The van der Waals surface area contributed by atoms with Crippen LogP contribution in [0.25, 0.3) is 6.08 Å². The highest BCUT2D eigenvalue weighted by atomic mass is 35.5. The number of amides is 1. The van der Waals surface area contributed by atoms with Crippen LogP contribution in [0.1, 0.15) is 61.3 Å². The van der Waals surface area contributed by atoms with Crippen molar-refractivity contribution in [2.75, 3.05) is 18.5 Å². The Bertz CT molecular complexity index is 1050. The Morgan fingerprint density at radius 3 is 2.56 bits per heavy atom. The van der Waals surface area contributed by atoms with Gasteiger partial charge in [0.05, 0.1) is 18.8 Å². The van der Waals surface area contributed by atoms with Gasteiger partial charge in [-0.2, -0.15) is 5.26 Å². The molecule has 170 valence electrons. The molecule has 0 aliphatic carbocycles. The molecule has 1 aromatic heterocycles. The standard InChI is InChI=1S/C24H27ClN2O4S/c1-6-30-24(29)19-11-21(15(4)5)32-23(19)27-22(28)17(12-26)9-16-10-18(25)7-8-20(16)31-13-14(2)3/h7-11,14-15H,6,13H2,1-5H3,(H,27,28). The highest BCUT2D eigenvalue weighted by molar-refractivity contribution is 7.16. The van der Waals surface area contributed by atoms with Gasteiger partial charge in [0.1, 0.15) is 22.4 Å². The summed E-state index contributed by atoms with van der Waals surface area (Å²) in [6.07, 6.45) is 1.43. The summed E-state index contributed by atoms with van der Waals surface area (Å²) in [5, 5.41) is 13.1. The Balaban J connectivity index is 2.37. The number of ether oxygens (including phenoxy) is 2. The van der Waals surface area contributed by atoms with Gasteiger partial charge in [-0.15, -0.1) is 11.3 Å². The van der Waals surface area contributed by atoms with E-state index < -0.39 is 11.9 Å². The first-order valence-corrected chi connectivity index (χ1v) is 11.5. The summed E-state index contributed by atoms with van der Waals surface area (Å²) in [6, 6.07) is 8.66. The van der Waals surface area contributed by atoms with Crippen LogP contribution < -0.4 is 10.1 Å². The summed E-state index contributed by atoms with van der Waals surface area (Å²) >= 11 is 7.40. The van der Waals surface area contributed by atoms with Gasteiger partial charge in [-0.1, -0.05) is 39.3 Å². The Labute approximate surface area is 197 Å². The van der Waals surface area contributed by atoms with Gasteiger partial charge >= 0.3 is 5.97 Å². The number of carbonyl (C=O) groups is 2. The first kappa shape index (κ1) is 25.4. The Hall–Kier alpha value is -2.82. The maximum absolute atomic E-state index is 12.9. The largest absolute Gasteiger partial charge is 0.493 e. The van der Waals surface area contributed by atoms with E-state index in [9.17, 15) is 14.9 Å². The first-order valence-electron chi connectivity index (χ1n) is 10.3. The van der Waals surface area contributed by atoms with Crippen molar-refractivity contribution in [1.29, 1.82) is 5.26 Å². The number of thiophene rings is 1. The highest BCUT2D eigenvalue weighted by Crippen LogP contribution is 2.34. The summed E-state index contributed by atoms with van der Waals surface area (Å²) in [5.74, 6) is -0.167. The summed E-state index contributed by atoms with van der Waals surface area (Å²) < 4.78 is 10.9. The summed E-state index contributed by atoms with van der Waals surface area (Å²) in [6.45, 7) is 10.4. The van der Waals surface area contributed by atoms with Crippen molar-refractivity contribution in [1.82, 2.24) is 0 Å². The van der Waals surface area contributed by atoms with Crippen LogP contribution in [-0.4, -0.2) is 25.1 Å². The second-order valence-corrected chi connectivity index (χ2v) is 9.30. The van der Waals surface area contributed by atoms with Crippen LogP contribution in [0, 0.1) is 17.2 Å². The molecule has 2 rings (SSSR count). The molecule has 0 bridgehead atoms. The van der Waals surface area contributed by atoms with Gasteiger partial charge in [0.25, 0.3) is 5.91 Å². The third-order valence-corrected chi connectivity index (χ3v) is 5.84. The maximum Gasteiger partial charge on any atom is 0.341 e. The number of benzene rings is 1. The third kappa shape index (κ3) is 6.84. The number of nitrogens with one attached hydrogen (secondary N) is 1. The number of esters is 1. The van der Waals surface area contributed by atoms with Crippen molar-refractivity contribution in [2.24, 2.45) is 5.92 Å². The average Bonchev–Trinajstić information content (AvgIpc) is 3.15. The van der Waals surface area contributed by atoms with Crippen molar-refractivity contribution in [3.8, 4) is 11.8 Å². The Kier molecular flexibility index (Phi) is 9.30. The molecule has 0 fully saturated rings. The van der Waals surface area contributed by atoms with E-state index in [1.165, 1.54) is 17.4 Å². The van der Waals surface area contributed by atoms with E-state index in [0.29, 0.717) is 33.9 Å². The molecule has 0 saturated heterocycles. The number of nitrogens with zero attached hydrogens (tertiary/aromatic N) is 1. The molecule has 8 heteroatoms. The molecule has 0 aliphatic rings. The van der Waals surface area contributed by atoms with Crippen LogP contribution in [0.5, 0.6) is 5.75 Å². The highest BCUT2D eigenvalue weighted by Gasteiger charge is 2.22. The second-order valence-electron chi connectivity index (χ2n) is 7.78.